The van der Waals surface area contributed by atoms with Crippen LogP contribution in [0.5, 0.6) is 11.5 Å². The van der Waals surface area contributed by atoms with E-state index in [1.807, 2.05) is 37.3 Å². The summed E-state index contributed by atoms with van der Waals surface area (Å²) >= 11 is 0. The molecule has 0 fully saturated rings. The lowest BCUT2D eigenvalue weighted by Crippen LogP contribution is -2.15. The van der Waals surface area contributed by atoms with Crippen molar-refractivity contribution in [1.82, 2.24) is 0 Å². The van der Waals surface area contributed by atoms with E-state index in [0.717, 1.165) is 5.56 Å². The summed E-state index contributed by atoms with van der Waals surface area (Å²) in [5, 5.41) is 0. The van der Waals surface area contributed by atoms with Crippen molar-refractivity contribution in [2.45, 2.75) is 33.2 Å². The molecule has 0 saturated carbocycles. The molecular formula is C20H28NO5P. The molecule has 0 heterocycles. The van der Waals surface area contributed by atoms with Crippen LogP contribution in [0.25, 0.3) is 0 Å². The Kier molecular flexibility index (Phi) is 8.32. The van der Waals surface area contributed by atoms with Gasteiger partial charge in [-0.15, -0.1) is 0 Å². The van der Waals surface area contributed by atoms with E-state index in [9.17, 15) is 4.57 Å². The number of benzene rings is 2. The van der Waals surface area contributed by atoms with Crippen LogP contribution in [0.1, 0.15) is 37.7 Å². The van der Waals surface area contributed by atoms with Crippen LogP contribution in [0.15, 0.2) is 48.5 Å². The summed E-state index contributed by atoms with van der Waals surface area (Å²) in [5.74, 6) is 0.236. The molecule has 2 aromatic carbocycles. The molecule has 0 unspecified atom stereocenters. The van der Waals surface area contributed by atoms with Crippen molar-refractivity contribution in [1.29, 1.82) is 0 Å². The van der Waals surface area contributed by atoms with Crippen molar-refractivity contribution in [2.24, 2.45) is 5.73 Å². The molecule has 2 aromatic rings. The Labute approximate surface area is 161 Å². The van der Waals surface area contributed by atoms with E-state index in [4.69, 9.17) is 24.3 Å². The molecule has 148 valence electrons. The van der Waals surface area contributed by atoms with E-state index < -0.39 is 13.4 Å². The van der Waals surface area contributed by atoms with E-state index in [2.05, 4.69) is 0 Å². The van der Waals surface area contributed by atoms with Crippen LogP contribution in [0.2, 0.25) is 0 Å². The summed E-state index contributed by atoms with van der Waals surface area (Å²) in [6, 6.07) is 15.1. The van der Waals surface area contributed by atoms with Gasteiger partial charge in [0, 0.05) is 0 Å². The van der Waals surface area contributed by atoms with Crippen molar-refractivity contribution in [3.05, 3.63) is 59.7 Å². The van der Waals surface area contributed by atoms with Gasteiger partial charge in [-0.25, -0.2) is 0 Å². The SMILES string of the molecule is CCOc1cc([C@H](N)P(=O)(OCC)OCC)ccc1OCc1ccccc1. The highest BCUT2D eigenvalue weighted by molar-refractivity contribution is 7.54. The number of hydrogen-bond donors (Lipinski definition) is 1. The first-order valence-electron chi connectivity index (χ1n) is 9.11. The van der Waals surface area contributed by atoms with E-state index in [1.54, 1.807) is 32.0 Å². The molecule has 2 N–H and O–H groups in total. The minimum absolute atomic E-state index is 0.252. The first-order valence-corrected chi connectivity index (χ1v) is 10.7. The maximum Gasteiger partial charge on any atom is 0.351 e. The largest absolute Gasteiger partial charge is 0.490 e. The third-order valence-electron chi connectivity index (χ3n) is 3.81. The summed E-state index contributed by atoms with van der Waals surface area (Å²) in [6.07, 6.45) is 0. The van der Waals surface area contributed by atoms with E-state index in [1.165, 1.54) is 0 Å². The van der Waals surface area contributed by atoms with Gasteiger partial charge in [0.05, 0.1) is 19.8 Å². The maximum atomic E-state index is 12.9. The van der Waals surface area contributed by atoms with Gasteiger partial charge in [-0.2, -0.15) is 0 Å². The average Bonchev–Trinajstić information content (AvgIpc) is 2.68. The Balaban J connectivity index is 2.23. The molecule has 0 aliphatic rings. The van der Waals surface area contributed by atoms with Gasteiger partial charge >= 0.3 is 7.60 Å². The standard InChI is InChI=1S/C20H28NO5P/c1-4-23-19-14-17(20(21)27(22,25-5-2)26-6-3)12-13-18(19)24-15-16-10-8-7-9-11-16/h7-14,20H,4-6,15,21H2,1-3H3/t20-/m1/s1. The van der Waals surface area contributed by atoms with Crippen LogP contribution in [-0.2, 0) is 20.2 Å². The second-order valence-corrected chi connectivity index (χ2v) is 7.89. The van der Waals surface area contributed by atoms with Crippen molar-refractivity contribution in [2.75, 3.05) is 19.8 Å². The van der Waals surface area contributed by atoms with E-state index in [-0.39, 0.29) is 13.2 Å². The molecule has 0 amide bonds. The highest BCUT2D eigenvalue weighted by atomic mass is 31.2. The fourth-order valence-electron chi connectivity index (χ4n) is 2.57. The van der Waals surface area contributed by atoms with Gasteiger partial charge in [0.25, 0.3) is 0 Å². The van der Waals surface area contributed by atoms with Crippen molar-refractivity contribution < 1.29 is 23.1 Å². The van der Waals surface area contributed by atoms with Crippen LogP contribution < -0.4 is 15.2 Å². The molecule has 0 radical (unpaired) electrons. The number of hydrogen-bond acceptors (Lipinski definition) is 6. The molecular weight excluding hydrogens is 365 g/mol. The molecule has 7 heteroatoms. The molecule has 0 aliphatic carbocycles. The molecule has 0 saturated heterocycles. The second-order valence-electron chi connectivity index (χ2n) is 5.73. The topological polar surface area (TPSA) is 80.0 Å². The fourth-order valence-corrected chi connectivity index (χ4v) is 4.21. The molecule has 1 atom stereocenters. The van der Waals surface area contributed by atoms with Crippen LogP contribution in [0, 0.1) is 0 Å². The molecule has 0 aromatic heterocycles. The molecule has 6 nitrogen and oxygen atoms in total. The summed E-state index contributed by atoms with van der Waals surface area (Å²) in [4.78, 5) is 0. The third kappa shape index (κ3) is 5.81. The lowest BCUT2D eigenvalue weighted by Gasteiger charge is -2.24. The third-order valence-corrected chi connectivity index (χ3v) is 6.02. The Morgan fingerprint density at radius 2 is 1.56 bits per heavy atom. The summed E-state index contributed by atoms with van der Waals surface area (Å²) < 4.78 is 35.2. The van der Waals surface area contributed by atoms with E-state index in [0.29, 0.717) is 30.3 Å². The van der Waals surface area contributed by atoms with Crippen molar-refractivity contribution in [3.8, 4) is 11.5 Å². The van der Waals surface area contributed by atoms with Gasteiger partial charge in [-0.05, 0) is 44.0 Å². The summed E-state index contributed by atoms with van der Waals surface area (Å²) in [6.45, 7) is 6.79. The Bertz CT molecular complexity index is 743. The fraction of sp³-hybridized carbons (Fsp3) is 0.400. The zero-order valence-corrected chi connectivity index (χ0v) is 17.0. The minimum atomic E-state index is -3.47. The first-order chi connectivity index (χ1) is 13.0. The highest BCUT2D eigenvalue weighted by Crippen LogP contribution is 2.58. The van der Waals surface area contributed by atoms with Crippen LogP contribution >= 0.6 is 7.60 Å². The van der Waals surface area contributed by atoms with Crippen LogP contribution in [-0.4, -0.2) is 19.8 Å². The smallest absolute Gasteiger partial charge is 0.351 e. The number of nitrogens with two attached hydrogens (primary N) is 1. The zero-order valence-electron chi connectivity index (χ0n) is 16.1. The van der Waals surface area contributed by atoms with Crippen molar-refractivity contribution in [3.63, 3.8) is 0 Å². The second kappa shape index (κ2) is 10.5. The lowest BCUT2D eigenvalue weighted by atomic mass is 10.2. The van der Waals surface area contributed by atoms with Gasteiger partial charge < -0.3 is 24.3 Å². The Hall–Kier alpha value is -1.85. The average molecular weight is 393 g/mol. The predicted octanol–water partition coefficient (Wildman–Crippen LogP) is 4.89. The van der Waals surface area contributed by atoms with Crippen molar-refractivity contribution >= 4 is 7.60 Å². The van der Waals surface area contributed by atoms with Gasteiger partial charge in [0.15, 0.2) is 11.5 Å². The molecule has 0 spiro atoms. The van der Waals surface area contributed by atoms with Gasteiger partial charge in [-0.3, -0.25) is 4.57 Å². The summed E-state index contributed by atoms with van der Waals surface area (Å²) in [7, 11) is -3.47. The van der Waals surface area contributed by atoms with Gasteiger partial charge in [0.1, 0.15) is 12.4 Å². The molecule has 0 bridgehead atoms. The van der Waals surface area contributed by atoms with Gasteiger partial charge in [0.2, 0.25) is 0 Å². The zero-order chi connectivity index (χ0) is 19.7. The predicted molar refractivity (Wildman–Crippen MR) is 106 cm³/mol. The van der Waals surface area contributed by atoms with Crippen LogP contribution in [0.4, 0.5) is 0 Å². The normalized spacial score (nSPS) is 12.6. The maximum absolute atomic E-state index is 12.9. The monoisotopic (exact) mass is 393 g/mol. The lowest BCUT2D eigenvalue weighted by molar-refractivity contribution is 0.212. The van der Waals surface area contributed by atoms with Gasteiger partial charge in [-0.1, -0.05) is 36.4 Å². The summed E-state index contributed by atoms with van der Waals surface area (Å²) in [5.41, 5.74) is 7.88. The van der Waals surface area contributed by atoms with E-state index >= 15 is 0 Å². The van der Waals surface area contributed by atoms with Crippen LogP contribution in [0.3, 0.4) is 0 Å². The first kappa shape index (κ1) is 21.5. The number of ether oxygens (including phenoxy) is 2. The molecule has 27 heavy (non-hydrogen) atoms. The Morgan fingerprint density at radius 3 is 2.15 bits per heavy atom. The Morgan fingerprint density at radius 1 is 0.889 bits per heavy atom. The molecule has 0 aliphatic heterocycles. The minimum Gasteiger partial charge on any atom is -0.490 e. The number of rotatable bonds is 11. The highest BCUT2D eigenvalue weighted by Gasteiger charge is 2.34. The molecule has 2 rings (SSSR count). The quantitative estimate of drug-likeness (QED) is 0.548.